The summed E-state index contributed by atoms with van der Waals surface area (Å²) in [5.41, 5.74) is 7.06. The summed E-state index contributed by atoms with van der Waals surface area (Å²) in [6, 6.07) is 11.3. The van der Waals surface area contributed by atoms with E-state index in [1.54, 1.807) is 0 Å². The number of hydrogen-bond acceptors (Lipinski definition) is 3. The molecule has 2 rings (SSSR count). The van der Waals surface area contributed by atoms with Crippen molar-refractivity contribution in [3.63, 3.8) is 0 Å². The molecule has 1 aliphatic heterocycles. The first-order valence-corrected chi connectivity index (χ1v) is 7.22. The predicted octanol–water partition coefficient (Wildman–Crippen LogP) is 2.51. The van der Waals surface area contributed by atoms with Crippen LogP contribution in [0.3, 0.4) is 0 Å². The van der Waals surface area contributed by atoms with Gasteiger partial charge in [-0.2, -0.15) is 0 Å². The average molecular weight is 278 g/mol. The Morgan fingerprint density at radius 1 is 1.37 bits per heavy atom. The van der Waals surface area contributed by atoms with Crippen molar-refractivity contribution in [3.8, 4) is 0 Å². The van der Waals surface area contributed by atoms with Gasteiger partial charge in [-0.3, -0.25) is 4.90 Å². The lowest BCUT2D eigenvalue weighted by Crippen LogP contribution is -2.40. The van der Waals surface area contributed by atoms with Crippen molar-refractivity contribution in [2.75, 3.05) is 20.3 Å². The Morgan fingerprint density at radius 2 is 2.00 bits per heavy atom. The van der Waals surface area contributed by atoms with Crippen molar-refractivity contribution < 1.29 is 4.74 Å². The van der Waals surface area contributed by atoms with E-state index in [1.165, 1.54) is 5.56 Å². The van der Waals surface area contributed by atoms with Gasteiger partial charge >= 0.3 is 0 Å². The highest BCUT2D eigenvalue weighted by molar-refractivity contribution is 7.80. The maximum Gasteiger partial charge on any atom is 0.0746 e. The van der Waals surface area contributed by atoms with Gasteiger partial charge in [0.2, 0.25) is 0 Å². The Kier molecular flexibility index (Phi) is 5.31. The maximum atomic E-state index is 5.78. The standard InChI is InChI=1S/C15H22N2OS/c1-17(13-7-9-18-10-8-13)14(11-15(16)19)12-5-3-2-4-6-12/h2-6,13-14H,7-11H2,1H3,(H2,16,19). The Labute approximate surface area is 120 Å². The molecule has 19 heavy (non-hydrogen) atoms. The molecule has 3 nitrogen and oxygen atoms in total. The molecule has 1 aromatic carbocycles. The number of benzene rings is 1. The van der Waals surface area contributed by atoms with Gasteiger partial charge in [0, 0.05) is 31.7 Å². The minimum Gasteiger partial charge on any atom is -0.393 e. The van der Waals surface area contributed by atoms with E-state index in [4.69, 9.17) is 22.7 Å². The molecule has 0 radical (unpaired) electrons. The third kappa shape index (κ3) is 4.00. The van der Waals surface area contributed by atoms with E-state index in [0.29, 0.717) is 11.0 Å². The van der Waals surface area contributed by atoms with Gasteiger partial charge in [0.05, 0.1) is 4.99 Å². The van der Waals surface area contributed by atoms with Crippen LogP contribution in [0.15, 0.2) is 30.3 Å². The second kappa shape index (κ2) is 6.98. The second-order valence-corrected chi connectivity index (χ2v) is 5.63. The Bertz CT molecular complexity index is 404. The lowest BCUT2D eigenvalue weighted by Gasteiger charge is -2.37. The van der Waals surface area contributed by atoms with Crippen LogP contribution < -0.4 is 5.73 Å². The van der Waals surface area contributed by atoms with Crippen LogP contribution in [-0.4, -0.2) is 36.2 Å². The van der Waals surface area contributed by atoms with Crippen LogP contribution in [0.25, 0.3) is 0 Å². The van der Waals surface area contributed by atoms with Gasteiger partial charge in [-0.25, -0.2) is 0 Å². The van der Waals surface area contributed by atoms with Crippen LogP contribution in [0.2, 0.25) is 0 Å². The molecule has 1 saturated heterocycles. The topological polar surface area (TPSA) is 38.5 Å². The summed E-state index contributed by atoms with van der Waals surface area (Å²) in [5.74, 6) is 0. The normalized spacial score (nSPS) is 18.4. The van der Waals surface area contributed by atoms with Gasteiger partial charge in [-0.05, 0) is 25.5 Å². The molecule has 4 heteroatoms. The molecule has 0 aromatic heterocycles. The summed E-state index contributed by atoms with van der Waals surface area (Å²) < 4.78 is 5.44. The van der Waals surface area contributed by atoms with Crippen molar-refractivity contribution in [2.24, 2.45) is 5.73 Å². The van der Waals surface area contributed by atoms with Crippen LogP contribution in [-0.2, 0) is 4.74 Å². The molecule has 1 unspecified atom stereocenters. The van der Waals surface area contributed by atoms with E-state index in [9.17, 15) is 0 Å². The average Bonchev–Trinajstić information content (AvgIpc) is 2.46. The molecule has 2 N–H and O–H groups in total. The van der Waals surface area contributed by atoms with E-state index < -0.39 is 0 Å². The fourth-order valence-corrected chi connectivity index (χ4v) is 2.87. The summed E-state index contributed by atoms with van der Waals surface area (Å²) in [5, 5.41) is 0. The zero-order valence-corrected chi connectivity index (χ0v) is 12.2. The number of nitrogens with two attached hydrogens (primary N) is 1. The van der Waals surface area contributed by atoms with E-state index in [0.717, 1.165) is 32.5 Å². The van der Waals surface area contributed by atoms with Gasteiger partial charge in [-0.1, -0.05) is 42.5 Å². The molecule has 0 amide bonds. The van der Waals surface area contributed by atoms with Crippen LogP contribution >= 0.6 is 12.2 Å². The minimum absolute atomic E-state index is 0.266. The summed E-state index contributed by atoms with van der Waals surface area (Å²) in [6.45, 7) is 1.70. The highest BCUT2D eigenvalue weighted by Gasteiger charge is 2.26. The third-order valence-electron chi connectivity index (χ3n) is 3.84. The largest absolute Gasteiger partial charge is 0.393 e. The molecule has 0 saturated carbocycles. The van der Waals surface area contributed by atoms with Gasteiger partial charge in [0.15, 0.2) is 0 Å². The smallest absolute Gasteiger partial charge is 0.0746 e. The van der Waals surface area contributed by atoms with E-state index in [2.05, 4.69) is 36.2 Å². The number of rotatable bonds is 5. The van der Waals surface area contributed by atoms with E-state index >= 15 is 0 Å². The summed E-state index contributed by atoms with van der Waals surface area (Å²) >= 11 is 5.12. The van der Waals surface area contributed by atoms with Gasteiger partial charge in [-0.15, -0.1) is 0 Å². The zero-order chi connectivity index (χ0) is 13.7. The van der Waals surface area contributed by atoms with Crippen molar-refractivity contribution in [1.82, 2.24) is 4.90 Å². The molecule has 1 aliphatic rings. The van der Waals surface area contributed by atoms with Crippen LogP contribution in [0.4, 0.5) is 0 Å². The SMILES string of the molecule is CN(C1CCOCC1)C(CC(N)=S)c1ccccc1. The number of ether oxygens (including phenoxy) is 1. The van der Waals surface area contributed by atoms with Gasteiger partial charge < -0.3 is 10.5 Å². The van der Waals surface area contributed by atoms with Crippen molar-refractivity contribution in [2.45, 2.75) is 31.3 Å². The van der Waals surface area contributed by atoms with Crippen molar-refractivity contribution >= 4 is 17.2 Å². The fourth-order valence-electron chi connectivity index (χ4n) is 2.71. The Balaban J connectivity index is 2.14. The highest BCUT2D eigenvalue weighted by atomic mass is 32.1. The first-order valence-electron chi connectivity index (χ1n) is 6.81. The molecular weight excluding hydrogens is 256 g/mol. The molecule has 0 bridgehead atoms. The number of hydrogen-bond donors (Lipinski definition) is 1. The van der Waals surface area contributed by atoms with E-state index in [1.807, 2.05) is 6.07 Å². The quantitative estimate of drug-likeness (QED) is 0.840. The first kappa shape index (κ1) is 14.4. The lowest BCUT2D eigenvalue weighted by molar-refractivity contribution is 0.0292. The molecule has 0 aliphatic carbocycles. The highest BCUT2D eigenvalue weighted by Crippen LogP contribution is 2.28. The second-order valence-electron chi connectivity index (χ2n) is 5.11. The maximum absolute atomic E-state index is 5.78. The zero-order valence-electron chi connectivity index (χ0n) is 11.4. The van der Waals surface area contributed by atoms with Gasteiger partial charge in [0.1, 0.15) is 0 Å². The van der Waals surface area contributed by atoms with Crippen LogP contribution in [0.5, 0.6) is 0 Å². The molecule has 1 heterocycles. The Hall–Kier alpha value is -0.970. The minimum atomic E-state index is 0.266. The summed E-state index contributed by atoms with van der Waals surface area (Å²) in [4.78, 5) is 2.99. The monoisotopic (exact) mass is 278 g/mol. The van der Waals surface area contributed by atoms with Crippen molar-refractivity contribution in [3.05, 3.63) is 35.9 Å². The summed E-state index contributed by atoms with van der Waals surface area (Å²) in [7, 11) is 2.17. The molecule has 1 fully saturated rings. The molecular formula is C15H22N2OS. The number of thiocarbonyl (C=S) groups is 1. The predicted molar refractivity (Wildman–Crippen MR) is 82.2 cm³/mol. The molecule has 0 spiro atoms. The molecule has 1 atom stereocenters. The van der Waals surface area contributed by atoms with E-state index in [-0.39, 0.29) is 6.04 Å². The summed E-state index contributed by atoms with van der Waals surface area (Å²) in [6.07, 6.45) is 2.89. The molecule has 104 valence electrons. The Morgan fingerprint density at radius 3 is 2.58 bits per heavy atom. The molecule has 1 aromatic rings. The fraction of sp³-hybridized carbons (Fsp3) is 0.533. The van der Waals surface area contributed by atoms with Crippen LogP contribution in [0, 0.1) is 0 Å². The third-order valence-corrected chi connectivity index (χ3v) is 4.00. The lowest BCUT2D eigenvalue weighted by atomic mass is 9.98. The first-order chi connectivity index (χ1) is 9.18. The number of nitrogens with zero attached hydrogens (tertiary/aromatic N) is 1. The van der Waals surface area contributed by atoms with Crippen LogP contribution in [0.1, 0.15) is 30.9 Å². The van der Waals surface area contributed by atoms with Crippen molar-refractivity contribution in [1.29, 1.82) is 0 Å². The van der Waals surface area contributed by atoms with Gasteiger partial charge in [0.25, 0.3) is 0 Å².